The number of aliphatic hydroxyl groups is 2. The lowest BCUT2D eigenvalue weighted by atomic mass is 9.58. The Labute approximate surface area is 206 Å². The van der Waals surface area contributed by atoms with E-state index in [-0.39, 0.29) is 17.1 Å². The van der Waals surface area contributed by atoms with Gasteiger partial charge in [-0.05, 0) is 79.9 Å². The molecule has 1 saturated carbocycles. The van der Waals surface area contributed by atoms with E-state index in [0.29, 0.717) is 5.92 Å². The van der Waals surface area contributed by atoms with Crippen molar-refractivity contribution in [3.05, 3.63) is 71.6 Å². The number of aliphatic hydroxyl groups excluding tert-OH is 2. The zero-order valence-corrected chi connectivity index (χ0v) is 20.7. The van der Waals surface area contributed by atoms with Gasteiger partial charge in [0.1, 0.15) is 6.10 Å². The van der Waals surface area contributed by atoms with Gasteiger partial charge in [-0.1, -0.05) is 43.4 Å². The summed E-state index contributed by atoms with van der Waals surface area (Å²) in [4.78, 5) is 6.47. The highest BCUT2D eigenvalue weighted by atomic mass is 16.5. The maximum atomic E-state index is 11.2. The molecule has 7 atom stereocenters. The molecule has 0 amide bonds. The van der Waals surface area contributed by atoms with Crippen molar-refractivity contribution in [1.29, 1.82) is 0 Å². The standard InChI is InChI=1S/C30H34N2O3/c1-28-11-9-19-15-23-26(33)27(34)24(32(2)3)16-29(23)12-13-30(19,35-29)25(28)8-7-22(28)20-6-4-5-18-10-14-31-17-21(18)20/h4-7,9-10,14-15,17,24-27,33-34H,8,11-13,16H2,1-3H3. The van der Waals surface area contributed by atoms with Crippen molar-refractivity contribution in [2.24, 2.45) is 11.3 Å². The fourth-order valence-electron chi connectivity index (χ4n) is 8.26. The van der Waals surface area contributed by atoms with Crippen LogP contribution in [0.2, 0.25) is 0 Å². The molecule has 2 spiro atoms. The molecule has 1 aromatic heterocycles. The molecule has 7 rings (SSSR count). The van der Waals surface area contributed by atoms with Gasteiger partial charge in [0.25, 0.3) is 0 Å². The number of allylic oxidation sites excluding steroid dienone is 3. The van der Waals surface area contributed by atoms with Crippen LogP contribution in [0.3, 0.4) is 0 Å². The van der Waals surface area contributed by atoms with Gasteiger partial charge in [0.2, 0.25) is 0 Å². The Morgan fingerprint density at radius 2 is 1.97 bits per heavy atom. The van der Waals surface area contributed by atoms with Crippen LogP contribution in [0.1, 0.15) is 44.6 Å². The number of benzene rings is 1. The fraction of sp³-hybridized carbons (Fsp3) is 0.500. The van der Waals surface area contributed by atoms with Gasteiger partial charge in [-0.15, -0.1) is 0 Å². The third kappa shape index (κ3) is 2.70. The summed E-state index contributed by atoms with van der Waals surface area (Å²) in [7, 11) is 3.96. The fourth-order valence-corrected chi connectivity index (χ4v) is 8.26. The maximum Gasteiger partial charge on any atom is 0.105 e. The second kappa shape index (κ2) is 7.13. The summed E-state index contributed by atoms with van der Waals surface area (Å²) in [5.41, 5.74) is 3.95. The third-order valence-corrected chi connectivity index (χ3v) is 10.1. The first-order chi connectivity index (χ1) is 16.8. The first-order valence-electron chi connectivity index (χ1n) is 13.0. The van der Waals surface area contributed by atoms with Crippen LogP contribution in [0.25, 0.3) is 16.3 Å². The second-order valence-electron chi connectivity index (χ2n) is 11.8. The van der Waals surface area contributed by atoms with Crippen LogP contribution < -0.4 is 0 Å². The van der Waals surface area contributed by atoms with E-state index in [0.717, 1.165) is 37.7 Å². The van der Waals surface area contributed by atoms with E-state index in [1.54, 1.807) is 0 Å². The topological polar surface area (TPSA) is 65.8 Å². The first-order valence-corrected chi connectivity index (χ1v) is 13.0. The van der Waals surface area contributed by atoms with Crippen LogP contribution in [-0.4, -0.2) is 63.6 Å². The molecule has 5 nitrogen and oxygen atoms in total. The Balaban J connectivity index is 1.33. The molecule has 5 heteroatoms. The predicted octanol–water partition coefficient (Wildman–Crippen LogP) is 4.26. The number of hydrogen-bond donors (Lipinski definition) is 2. The van der Waals surface area contributed by atoms with E-state index in [1.165, 1.54) is 27.5 Å². The second-order valence-corrected chi connectivity index (χ2v) is 11.8. The highest BCUT2D eigenvalue weighted by Crippen LogP contribution is 2.68. The Bertz CT molecular complexity index is 1320. The van der Waals surface area contributed by atoms with Gasteiger partial charge in [-0.3, -0.25) is 4.98 Å². The van der Waals surface area contributed by atoms with Gasteiger partial charge in [-0.25, -0.2) is 0 Å². The Morgan fingerprint density at radius 3 is 2.80 bits per heavy atom. The smallest absolute Gasteiger partial charge is 0.105 e. The molecule has 3 aliphatic carbocycles. The highest BCUT2D eigenvalue weighted by molar-refractivity contribution is 5.95. The molecule has 35 heavy (non-hydrogen) atoms. The minimum Gasteiger partial charge on any atom is -0.388 e. The molecule has 7 unspecified atom stereocenters. The normalized spacial score (nSPS) is 41.7. The lowest BCUT2D eigenvalue weighted by Crippen LogP contribution is -2.61. The third-order valence-electron chi connectivity index (χ3n) is 10.1. The molecule has 2 fully saturated rings. The van der Waals surface area contributed by atoms with Crippen molar-refractivity contribution in [2.75, 3.05) is 14.1 Å². The number of ether oxygens (including phenoxy) is 1. The van der Waals surface area contributed by atoms with Gasteiger partial charge >= 0.3 is 0 Å². The van der Waals surface area contributed by atoms with Crippen LogP contribution in [0.5, 0.6) is 0 Å². The minimum absolute atomic E-state index is 0.0295. The molecule has 1 aromatic carbocycles. The lowest BCUT2D eigenvalue weighted by molar-refractivity contribution is -0.161. The summed E-state index contributed by atoms with van der Waals surface area (Å²) >= 11 is 0. The Morgan fingerprint density at radius 1 is 1.11 bits per heavy atom. The summed E-state index contributed by atoms with van der Waals surface area (Å²) in [6, 6.07) is 8.53. The molecule has 1 saturated heterocycles. The number of hydrogen-bond acceptors (Lipinski definition) is 5. The van der Waals surface area contributed by atoms with Crippen molar-refractivity contribution >= 4 is 16.3 Å². The van der Waals surface area contributed by atoms with E-state index in [2.05, 4.69) is 54.4 Å². The van der Waals surface area contributed by atoms with Crippen molar-refractivity contribution in [3.8, 4) is 0 Å². The SMILES string of the molecule is CN(C)C1CC23CCC4(O2)C(=CCC2(C)C(c5cccc6ccncc56)=CCC24)C=C3C(O)C1O. The maximum absolute atomic E-state index is 11.2. The van der Waals surface area contributed by atoms with Gasteiger partial charge in [0, 0.05) is 35.2 Å². The van der Waals surface area contributed by atoms with Gasteiger partial charge < -0.3 is 19.8 Å². The summed E-state index contributed by atoms with van der Waals surface area (Å²) < 4.78 is 7.25. The molecule has 0 radical (unpaired) electrons. The van der Waals surface area contributed by atoms with Crippen molar-refractivity contribution < 1.29 is 14.9 Å². The van der Waals surface area contributed by atoms with Gasteiger partial charge in [0.05, 0.1) is 17.3 Å². The molecule has 182 valence electrons. The van der Waals surface area contributed by atoms with E-state index < -0.39 is 17.8 Å². The van der Waals surface area contributed by atoms with Crippen molar-refractivity contribution in [3.63, 3.8) is 0 Å². The molecule has 2 bridgehead atoms. The van der Waals surface area contributed by atoms with Crippen LogP contribution >= 0.6 is 0 Å². The van der Waals surface area contributed by atoms with Crippen LogP contribution in [-0.2, 0) is 4.74 Å². The van der Waals surface area contributed by atoms with E-state index in [1.807, 2.05) is 31.4 Å². The first kappa shape index (κ1) is 21.9. The summed E-state index contributed by atoms with van der Waals surface area (Å²) in [6.45, 7) is 2.42. The van der Waals surface area contributed by atoms with Crippen LogP contribution in [0.15, 0.2) is 66.0 Å². The summed E-state index contributed by atoms with van der Waals surface area (Å²) in [5, 5.41) is 24.5. The average Bonchev–Trinajstić information content (AvgIpc) is 3.37. The van der Waals surface area contributed by atoms with E-state index in [4.69, 9.17) is 4.74 Å². The number of nitrogens with zero attached hydrogens (tertiary/aromatic N) is 2. The molecular weight excluding hydrogens is 436 g/mol. The number of rotatable bonds is 2. The van der Waals surface area contributed by atoms with E-state index >= 15 is 0 Å². The quantitative estimate of drug-likeness (QED) is 0.687. The zero-order valence-electron chi connectivity index (χ0n) is 20.7. The number of fused-ring (bicyclic) bond motifs is 2. The molecule has 2 aliphatic heterocycles. The number of likely N-dealkylation sites (N-methyl/N-ethyl adjacent to an activating group) is 1. The van der Waals surface area contributed by atoms with Gasteiger partial charge in [0.15, 0.2) is 0 Å². The number of aromatic nitrogens is 1. The highest BCUT2D eigenvalue weighted by Gasteiger charge is 2.67. The molecule has 2 N–H and O–H groups in total. The summed E-state index contributed by atoms with van der Waals surface area (Å²) in [6.07, 6.45) is 13.7. The number of pyridine rings is 1. The summed E-state index contributed by atoms with van der Waals surface area (Å²) in [5.74, 6) is 0.343. The molecule has 3 heterocycles. The monoisotopic (exact) mass is 470 g/mol. The minimum atomic E-state index is -0.887. The Hall–Kier alpha value is -2.31. The lowest BCUT2D eigenvalue weighted by Gasteiger charge is -2.55. The zero-order chi connectivity index (χ0) is 24.2. The van der Waals surface area contributed by atoms with Crippen molar-refractivity contribution in [2.45, 2.75) is 68.5 Å². The van der Waals surface area contributed by atoms with E-state index in [9.17, 15) is 10.2 Å². The molecular formula is C30H34N2O3. The van der Waals surface area contributed by atoms with Crippen molar-refractivity contribution in [1.82, 2.24) is 9.88 Å². The van der Waals surface area contributed by atoms with Gasteiger partial charge in [-0.2, -0.15) is 0 Å². The average molecular weight is 471 g/mol. The Kier molecular flexibility index (Phi) is 4.47. The van der Waals surface area contributed by atoms with Crippen LogP contribution in [0.4, 0.5) is 0 Å². The molecule has 5 aliphatic rings. The largest absolute Gasteiger partial charge is 0.388 e. The van der Waals surface area contributed by atoms with Crippen LogP contribution in [0, 0.1) is 11.3 Å². The molecule has 2 aromatic rings. The predicted molar refractivity (Wildman–Crippen MR) is 137 cm³/mol.